The van der Waals surface area contributed by atoms with Crippen LogP contribution in [0, 0.1) is 0 Å². The summed E-state index contributed by atoms with van der Waals surface area (Å²) in [7, 11) is 0. The molecule has 2 aromatic carbocycles. The Bertz CT molecular complexity index is 1350. The lowest BCUT2D eigenvalue weighted by molar-refractivity contribution is -0.880. The Hall–Kier alpha value is -3.62. The number of aryl methyl sites for hydroxylation is 1. The first-order valence-corrected chi connectivity index (χ1v) is 13.0. The number of carboxylic acids is 1. The number of amides is 1. The summed E-state index contributed by atoms with van der Waals surface area (Å²) in [6, 6.07) is 13.3. The number of nitrogens with zero attached hydrogens (tertiary/aromatic N) is 4. The van der Waals surface area contributed by atoms with E-state index in [0.29, 0.717) is 60.0 Å². The number of carbonyl (C=O) groups excluding carboxylic acids is 1. The van der Waals surface area contributed by atoms with E-state index < -0.39 is 5.97 Å². The number of hydrogen-bond acceptors (Lipinski definition) is 5. The van der Waals surface area contributed by atoms with E-state index in [0.717, 1.165) is 34.8 Å². The number of hydrogen-bond donors (Lipinski definition) is 2. The lowest BCUT2D eigenvalue weighted by Gasteiger charge is -2.32. The van der Waals surface area contributed by atoms with Gasteiger partial charge in [-0.1, -0.05) is 28.8 Å². The summed E-state index contributed by atoms with van der Waals surface area (Å²) in [5, 5.41) is 15.2. The maximum Gasteiger partial charge on any atom is 0.303 e. The molecule has 1 fully saturated rings. The second kappa shape index (κ2) is 11.2. The Balaban J connectivity index is 1.37. The molecule has 9 heteroatoms. The van der Waals surface area contributed by atoms with Gasteiger partial charge in [0.2, 0.25) is 0 Å². The molecule has 5 rings (SSSR count). The van der Waals surface area contributed by atoms with Gasteiger partial charge >= 0.3 is 5.97 Å². The monoisotopic (exact) mass is 518 g/mol. The van der Waals surface area contributed by atoms with Crippen LogP contribution in [0.4, 0.5) is 0 Å². The van der Waals surface area contributed by atoms with Crippen molar-refractivity contribution in [3.63, 3.8) is 0 Å². The van der Waals surface area contributed by atoms with Gasteiger partial charge in [0.05, 0.1) is 28.6 Å². The molecule has 1 aromatic heterocycles. The predicted octanol–water partition coefficient (Wildman–Crippen LogP) is 3.75. The molecule has 37 heavy (non-hydrogen) atoms. The normalized spacial score (nSPS) is 17.5. The molecule has 1 amide bonds. The van der Waals surface area contributed by atoms with E-state index in [1.54, 1.807) is 0 Å². The Morgan fingerprint density at radius 1 is 1.03 bits per heavy atom. The van der Waals surface area contributed by atoms with Gasteiger partial charge in [-0.2, -0.15) is 5.01 Å². The molecule has 0 spiro atoms. The van der Waals surface area contributed by atoms with Crippen LogP contribution in [-0.2, 0) is 11.2 Å². The minimum absolute atomic E-state index is 0.00222. The Morgan fingerprint density at radius 2 is 1.81 bits per heavy atom. The predicted molar refractivity (Wildman–Crippen MR) is 143 cm³/mol. The first-order valence-electron chi connectivity index (χ1n) is 12.6. The highest BCUT2D eigenvalue weighted by molar-refractivity contribution is 6.30. The van der Waals surface area contributed by atoms with Gasteiger partial charge in [-0.15, -0.1) is 0 Å². The number of nitrogens with one attached hydrogen (secondary N) is 1. The molecule has 0 saturated carbocycles. The van der Waals surface area contributed by atoms with Crippen LogP contribution >= 0.6 is 11.6 Å². The molecule has 2 aliphatic rings. The summed E-state index contributed by atoms with van der Waals surface area (Å²) in [4.78, 5) is 35.9. The maximum atomic E-state index is 13.3. The van der Waals surface area contributed by atoms with Crippen LogP contribution in [0.2, 0.25) is 5.02 Å². The molecule has 0 bridgehead atoms. The van der Waals surface area contributed by atoms with Crippen molar-refractivity contribution >= 4 is 40.7 Å². The van der Waals surface area contributed by atoms with Crippen molar-refractivity contribution in [3.05, 3.63) is 71.0 Å². The summed E-state index contributed by atoms with van der Waals surface area (Å²) >= 11 is 6.08. The summed E-state index contributed by atoms with van der Waals surface area (Å²) in [5.74, 6) is -0.803. The second-order valence-electron chi connectivity index (χ2n) is 9.46. The first kappa shape index (κ1) is 25.0. The van der Waals surface area contributed by atoms with Crippen molar-refractivity contribution in [2.75, 3.05) is 13.1 Å². The largest absolute Gasteiger partial charge is 0.481 e. The Kier molecular flexibility index (Phi) is 7.58. The van der Waals surface area contributed by atoms with Crippen LogP contribution in [0.15, 0.2) is 59.8 Å². The van der Waals surface area contributed by atoms with Crippen LogP contribution in [0.25, 0.3) is 22.3 Å². The van der Waals surface area contributed by atoms with Crippen molar-refractivity contribution in [1.82, 2.24) is 14.9 Å². The number of fused-ring (bicyclic) bond motifs is 1. The minimum Gasteiger partial charge on any atom is -0.481 e. The number of aliphatic carboxylic acids is 1. The summed E-state index contributed by atoms with van der Waals surface area (Å²) in [5.41, 5.74) is 4.40. The molecule has 0 aliphatic carbocycles. The van der Waals surface area contributed by atoms with Crippen molar-refractivity contribution in [1.29, 1.82) is 0 Å². The van der Waals surface area contributed by atoms with E-state index >= 15 is 0 Å². The van der Waals surface area contributed by atoms with Gasteiger partial charge in [-0.3, -0.25) is 9.59 Å². The van der Waals surface area contributed by atoms with E-state index in [2.05, 4.69) is 11.3 Å². The highest BCUT2D eigenvalue weighted by Crippen LogP contribution is 2.27. The number of allylic oxidation sites excluding steroid dienone is 1. The molecule has 1 atom stereocenters. The van der Waals surface area contributed by atoms with E-state index in [1.807, 2.05) is 59.7 Å². The van der Waals surface area contributed by atoms with Crippen LogP contribution in [0.5, 0.6) is 0 Å². The van der Waals surface area contributed by atoms with E-state index in [9.17, 15) is 9.59 Å². The molecule has 2 N–H and O–H groups in total. The van der Waals surface area contributed by atoms with Crippen molar-refractivity contribution in [2.24, 2.45) is 5.10 Å². The number of quaternary nitrogens is 1. The molecular formula is C28H29ClN5O3+. The number of rotatable bonds is 8. The number of piperidine rings is 1. The van der Waals surface area contributed by atoms with Crippen LogP contribution in [0.1, 0.15) is 48.2 Å². The van der Waals surface area contributed by atoms with Gasteiger partial charge in [0.25, 0.3) is 5.91 Å². The average molecular weight is 519 g/mol. The fourth-order valence-electron chi connectivity index (χ4n) is 4.92. The van der Waals surface area contributed by atoms with E-state index in [1.165, 1.54) is 0 Å². The standard InChI is InChI=1S/C28H28ClN5O3/c29-21-9-6-19(7-10-21)27-24(4-1-2-5-26(35)36)31-25-18-20(8-11-23(25)32-27)28(37)33-16-12-22(13-17-33)34-15-3-14-30-34/h3,6-11,14-15,18,22H,1-2,4-5,12-13,16-17H2,(H,35,36)/p+1. The molecule has 190 valence electrons. The number of carbonyl (C=O) groups is 2. The summed E-state index contributed by atoms with van der Waals surface area (Å²) in [6.07, 6.45) is 9.60. The van der Waals surface area contributed by atoms with Crippen molar-refractivity contribution in [2.45, 2.75) is 44.6 Å². The smallest absolute Gasteiger partial charge is 0.303 e. The fourth-order valence-corrected chi connectivity index (χ4v) is 5.05. The number of likely N-dealkylation sites (tertiary alicyclic amines) is 1. The number of halogens is 1. The van der Waals surface area contributed by atoms with Crippen LogP contribution in [-0.4, -0.2) is 57.2 Å². The number of unbranched alkanes of at least 4 members (excludes halogenated alkanes) is 1. The van der Waals surface area contributed by atoms with E-state index in [4.69, 9.17) is 26.7 Å². The molecule has 3 heterocycles. The molecular weight excluding hydrogens is 490 g/mol. The third kappa shape index (κ3) is 5.87. The quantitative estimate of drug-likeness (QED) is 0.442. The highest BCUT2D eigenvalue weighted by Gasteiger charge is 2.30. The Labute approximate surface area is 220 Å². The average Bonchev–Trinajstić information content (AvgIpc) is 3.46. The van der Waals surface area contributed by atoms with Gasteiger partial charge in [0.15, 0.2) is 0 Å². The van der Waals surface area contributed by atoms with Gasteiger partial charge in [-0.05, 0) is 49.6 Å². The second-order valence-corrected chi connectivity index (χ2v) is 9.90. The zero-order valence-corrected chi connectivity index (χ0v) is 21.2. The zero-order chi connectivity index (χ0) is 25.8. The van der Waals surface area contributed by atoms with Crippen molar-refractivity contribution in [3.8, 4) is 11.3 Å². The molecule has 3 aromatic rings. The molecule has 1 saturated heterocycles. The highest BCUT2D eigenvalue weighted by atomic mass is 35.5. The minimum atomic E-state index is -0.805. The van der Waals surface area contributed by atoms with Crippen LogP contribution < -0.4 is 5.01 Å². The lowest BCUT2D eigenvalue weighted by atomic mass is 10.0. The van der Waals surface area contributed by atoms with Gasteiger partial charge in [-0.25, -0.2) is 9.97 Å². The maximum absolute atomic E-state index is 13.3. The summed E-state index contributed by atoms with van der Waals surface area (Å²) < 4.78 is 0. The van der Waals surface area contributed by atoms with E-state index in [-0.39, 0.29) is 12.3 Å². The zero-order valence-electron chi connectivity index (χ0n) is 20.4. The third-order valence-corrected chi connectivity index (χ3v) is 7.18. The summed E-state index contributed by atoms with van der Waals surface area (Å²) in [6.45, 7) is 1.40. The fraction of sp³-hybridized carbons (Fsp3) is 0.321. The SMILES string of the molecule is O=C(O)CCCCc1nc2cc(C(=O)N3CCC([NH+]4C=CC=N4)CC3)ccc2nc1-c1ccc(Cl)cc1. The number of benzene rings is 2. The van der Waals surface area contributed by atoms with Gasteiger partial charge < -0.3 is 10.0 Å². The van der Waals surface area contributed by atoms with Gasteiger partial charge in [0, 0.05) is 54.6 Å². The van der Waals surface area contributed by atoms with Gasteiger partial charge in [0.1, 0.15) is 12.2 Å². The van der Waals surface area contributed by atoms with Crippen molar-refractivity contribution < 1.29 is 19.7 Å². The lowest BCUT2D eigenvalue weighted by Crippen LogP contribution is -3.06. The first-order chi connectivity index (χ1) is 18.0. The number of carboxylic acid groups (broad SMARTS) is 1. The molecule has 0 radical (unpaired) electrons. The topological polar surface area (TPSA) is 100 Å². The Morgan fingerprint density at radius 3 is 2.51 bits per heavy atom. The third-order valence-electron chi connectivity index (χ3n) is 6.93. The molecule has 2 aliphatic heterocycles. The number of aromatic nitrogens is 2. The molecule has 8 nitrogen and oxygen atoms in total. The molecule has 1 unspecified atom stereocenters. The van der Waals surface area contributed by atoms with Crippen LogP contribution in [0.3, 0.4) is 0 Å².